The van der Waals surface area contributed by atoms with E-state index in [9.17, 15) is 4.79 Å². The average molecular weight is 366 g/mol. The Hall–Kier alpha value is -1.81. The highest BCUT2D eigenvalue weighted by Crippen LogP contribution is 2.30. The summed E-state index contributed by atoms with van der Waals surface area (Å²) in [5, 5.41) is 7.08. The van der Waals surface area contributed by atoms with Crippen LogP contribution in [0.2, 0.25) is 15.1 Å². The summed E-state index contributed by atoms with van der Waals surface area (Å²) >= 11 is 17.8. The minimum Gasteiger partial charge on any atom is -0.267 e. The summed E-state index contributed by atoms with van der Waals surface area (Å²) in [5.41, 5.74) is 2.61. The molecular formula is C17H11Cl3N2O. The van der Waals surface area contributed by atoms with Gasteiger partial charge in [0.05, 0.1) is 27.0 Å². The van der Waals surface area contributed by atoms with Gasteiger partial charge in [-0.3, -0.25) is 4.79 Å². The zero-order valence-electron chi connectivity index (χ0n) is 12.1. The van der Waals surface area contributed by atoms with Gasteiger partial charge in [0.1, 0.15) is 0 Å². The van der Waals surface area contributed by atoms with Gasteiger partial charge in [-0.25, -0.2) is 0 Å². The average Bonchev–Trinajstić information content (AvgIpc) is 2.80. The fraction of sp³-hybridized carbons (Fsp3) is 0.0588. The Morgan fingerprint density at radius 2 is 1.70 bits per heavy atom. The fourth-order valence-corrected chi connectivity index (χ4v) is 2.62. The zero-order valence-corrected chi connectivity index (χ0v) is 14.3. The van der Waals surface area contributed by atoms with Crippen molar-refractivity contribution in [3.8, 4) is 0 Å². The minimum absolute atomic E-state index is 0.212. The van der Waals surface area contributed by atoms with Crippen LogP contribution in [0, 0.1) is 0 Å². The van der Waals surface area contributed by atoms with Gasteiger partial charge in [-0.05, 0) is 48.9 Å². The Balaban J connectivity index is 1.94. The van der Waals surface area contributed by atoms with Gasteiger partial charge < -0.3 is 0 Å². The number of anilines is 1. The maximum absolute atomic E-state index is 12.6. The van der Waals surface area contributed by atoms with E-state index in [-0.39, 0.29) is 5.91 Å². The number of hydrogen-bond donors (Lipinski definition) is 0. The standard InChI is InChI=1S/C17H11Cl3N2O/c1-10-14(8-11-2-4-12(18)5-3-11)17(23)22(21-10)13-6-7-15(19)16(20)9-13/h2-9H,1H3. The van der Waals surface area contributed by atoms with Crippen LogP contribution < -0.4 is 5.01 Å². The van der Waals surface area contributed by atoms with Crippen LogP contribution >= 0.6 is 34.8 Å². The number of carbonyl (C=O) groups is 1. The lowest BCUT2D eigenvalue weighted by molar-refractivity contribution is -0.114. The number of carbonyl (C=O) groups excluding carboxylic acids is 1. The quantitative estimate of drug-likeness (QED) is 0.651. The second kappa shape index (κ2) is 6.36. The summed E-state index contributed by atoms with van der Waals surface area (Å²) in [6.07, 6.45) is 1.79. The van der Waals surface area contributed by atoms with E-state index in [1.54, 1.807) is 43.3 Å². The Kier molecular flexibility index (Phi) is 4.44. The van der Waals surface area contributed by atoms with Crippen molar-refractivity contribution in [2.24, 2.45) is 5.10 Å². The zero-order chi connectivity index (χ0) is 16.6. The molecule has 0 aromatic heterocycles. The van der Waals surface area contributed by atoms with Crippen molar-refractivity contribution in [2.45, 2.75) is 6.92 Å². The molecule has 1 amide bonds. The van der Waals surface area contributed by atoms with Crippen LogP contribution in [0.1, 0.15) is 12.5 Å². The largest absolute Gasteiger partial charge is 0.280 e. The smallest absolute Gasteiger partial charge is 0.267 e. The van der Waals surface area contributed by atoms with Crippen LogP contribution in [0.25, 0.3) is 6.08 Å². The van der Waals surface area contributed by atoms with Gasteiger partial charge in [-0.2, -0.15) is 10.1 Å². The molecule has 116 valence electrons. The van der Waals surface area contributed by atoms with Crippen LogP contribution in [0.3, 0.4) is 0 Å². The molecule has 0 atom stereocenters. The van der Waals surface area contributed by atoms with Gasteiger partial charge in [-0.1, -0.05) is 46.9 Å². The molecule has 0 radical (unpaired) electrons. The molecule has 3 rings (SSSR count). The Labute approximate surface area is 148 Å². The number of amides is 1. The van der Waals surface area contributed by atoms with Crippen molar-refractivity contribution in [1.82, 2.24) is 0 Å². The van der Waals surface area contributed by atoms with Gasteiger partial charge in [0.2, 0.25) is 0 Å². The Bertz CT molecular complexity index is 841. The van der Waals surface area contributed by atoms with Gasteiger partial charge in [0.25, 0.3) is 5.91 Å². The van der Waals surface area contributed by atoms with E-state index in [4.69, 9.17) is 34.8 Å². The Morgan fingerprint density at radius 3 is 2.35 bits per heavy atom. The molecule has 23 heavy (non-hydrogen) atoms. The van der Waals surface area contributed by atoms with E-state index in [1.165, 1.54) is 5.01 Å². The second-order valence-corrected chi connectivity index (χ2v) is 6.26. The maximum Gasteiger partial charge on any atom is 0.280 e. The molecule has 2 aromatic rings. The molecule has 0 bridgehead atoms. The summed E-state index contributed by atoms with van der Waals surface area (Å²) in [6, 6.07) is 12.2. The molecule has 0 N–H and O–H groups in total. The van der Waals surface area contributed by atoms with Crippen molar-refractivity contribution in [1.29, 1.82) is 0 Å². The van der Waals surface area contributed by atoms with E-state index in [1.807, 2.05) is 12.1 Å². The van der Waals surface area contributed by atoms with Gasteiger partial charge in [0, 0.05) is 5.02 Å². The highest BCUT2D eigenvalue weighted by Gasteiger charge is 2.28. The number of benzene rings is 2. The highest BCUT2D eigenvalue weighted by molar-refractivity contribution is 6.42. The van der Waals surface area contributed by atoms with Crippen molar-refractivity contribution >= 4 is 58.2 Å². The Morgan fingerprint density at radius 1 is 1.00 bits per heavy atom. The van der Waals surface area contributed by atoms with Crippen LogP contribution in [-0.2, 0) is 4.79 Å². The molecule has 0 unspecified atom stereocenters. The van der Waals surface area contributed by atoms with Gasteiger partial charge in [0.15, 0.2) is 0 Å². The molecule has 0 aliphatic carbocycles. The monoisotopic (exact) mass is 364 g/mol. The first-order valence-electron chi connectivity index (χ1n) is 6.78. The van der Waals surface area contributed by atoms with Crippen molar-refractivity contribution in [3.05, 3.63) is 68.7 Å². The molecule has 6 heteroatoms. The molecular weight excluding hydrogens is 355 g/mol. The predicted molar refractivity (Wildman–Crippen MR) is 96.5 cm³/mol. The summed E-state index contributed by atoms with van der Waals surface area (Å²) in [6.45, 7) is 1.79. The van der Waals surface area contributed by atoms with Crippen molar-refractivity contribution < 1.29 is 4.79 Å². The van der Waals surface area contributed by atoms with E-state index < -0.39 is 0 Å². The summed E-state index contributed by atoms with van der Waals surface area (Å²) in [7, 11) is 0. The van der Waals surface area contributed by atoms with E-state index in [2.05, 4.69) is 5.10 Å². The molecule has 0 saturated carbocycles. The molecule has 0 spiro atoms. The summed E-state index contributed by atoms with van der Waals surface area (Å²) in [5.74, 6) is -0.212. The molecule has 2 aromatic carbocycles. The predicted octanol–water partition coefficient (Wildman–Crippen LogP) is 5.45. The second-order valence-electron chi connectivity index (χ2n) is 5.01. The molecule has 1 aliphatic heterocycles. The van der Waals surface area contributed by atoms with Crippen LogP contribution in [0.15, 0.2) is 53.1 Å². The molecule has 0 fully saturated rings. The SMILES string of the molecule is CC1=NN(c2ccc(Cl)c(Cl)c2)C(=O)C1=Cc1ccc(Cl)cc1. The van der Waals surface area contributed by atoms with Crippen LogP contribution in [0.5, 0.6) is 0 Å². The molecule has 0 saturated heterocycles. The number of nitrogens with zero attached hydrogens (tertiary/aromatic N) is 2. The lowest BCUT2D eigenvalue weighted by Crippen LogP contribution is -2.21. The first kappa shape index (κ1) is 16.1. The number of halogens is 3. The van der Waals surface area contributed by atoms with E-state index in [0.29, 0.717) is 32.0 Å². The fourth-order valence-electron chi connectivity index (χ4n) is 2.20. The lowest BCUT2D eigenvalue weighted by Gasteiger charge is -2.12. The molecule has 3 nitrogen and oxygen atoms in total. The summed E-state index contributed by atoms with van der Waals surface area (Å²) in [4.78, 5) is 12.6. The van der Waals surface area contributed by atoms with Crippen LogP contribution in [0.4, 0.5) is 5.69 Å². The highest BCUT2D eigenvalue weighted by atomic mass is 35.5. The first-order chi connectivity index (χ1) is 11.0. The normalized spacial score (nSPS) is 16.2. The molecule has 1 aliphatic rings. The summed E-state index contributed by atoms with van der Waals surface area (Å²) < 4.78 is 0. The van der Waals surface area contributed by atoms with Crippen LogP contribution in [-0.4, -0.2) is 11.6 Å². The van der Waals surface area contributed by atoms with E-state index in [0.717, 1.165) is 5.56 Å². The topological polar surface area (TPSA) is 32.7 Å². The third-order valence-electron chi connectivity index (χ3n) is 3.39. The lowest BCUT2D eigenvalue weighted by atomic mass is 10.1. The third kappa shape index (κ3) is 3.27. The molecule has 1 heterocycles. The minimum atomic E-state index is -0.212. The van der Waals surface area contributed by atoms with Gasteiger partial charge >= 0.3 is 0 Å². The van der Waals surface area contributed by atoms with Crippen molar-refractivity contribution in [3.63, 3.8) is 0 Å². The maximum atomic E-state index is 12.6. The van der Waals surface area contributed by atoms with Crippen molar-refractivity contribution in [2.75, 3.05) is 5.01 Å². The first-order valence-corrected chi connectivity index (χ1v) is 7.91. The number of rotatable bonds is 2. The third-order valence-corrected chi connectivity index (χ3v) is 4.38. The number of hydrogen-bond acceptors (Lipinski definition) is 2. The van der Waals surface area contributed by atoms with Gasteiger partial charge in [-0.15, -0.1) is 0 Å². The number of hydrazone groups is 1. The van der Waals surface area contributed by atoms with E-state index >= 15 is 0 Å².